The van der Waals surface area contributed by atoms with Crippen LogP contribution in [0.3, 0.4) is 0 Å². The van der Waals surface area contributed by atoms with Crippen LogP contribution in [0.4, 0.5) is 11.4 Å². The highest BCUT2D eigenvalue weighted by atomic mass is 16.2. The van der Waals surface area contributed by atoms with E-state index >= 15 is 0 Å². The Morgan fingerprint density at radius 3 is 2.30 bits per heavy atom. The number of piperazine rings is 1. The van der Waals surface area contributed by atoms with Gasteiger partial charge in [-0.25, -0.2) is 9.78 Å². The van der Waals surface area contributed by atoms with Crippen molar-refractivity contribution in [3.63, 3.8) is 0 Å². The van der Waals surface area contributed by atoms with Crippen molar-refractivity contribution >= 4 is 34.4 Å². The van der Waals surface area contributed by atoms with Gasteiger partial charge in [0.05, 0.1) is 17.6 Å². The Kier molecular flexibility index (Phi) is 6.34. The monoisotopic (exact) mass is 501 g/mol. The summed E-state index contributed by atoms with van der Waals surface area (Å²) in [5.74, 6) is -0.579. The lowest BCUT2D eigenvalue weighted by atomic mass is 10.1. The van der Waals surface area contributed by atoms with Gasteiger partial charge in [-0.2, -0.15) is 0 Å². The summed E-state index contributed by atoms with van der Waals surface area (Å²) in [7, 11) is 2.89. The molecular weight excluding hydrogens is 474 g/mol. The van der Waals surface area contributed by atoms with Crippen LogP contribution in [-0.2, 0) is 25.4 Å². The number of carbonyl (C=O) groups is 2. The van der Waals surface area contributed by atoms with Crippen LogP contribution in [0.15, 0.2) is 70.5 Å². The van der Waals surface area contributed by atoms with Gasteiger partial charge in [0.15, 0.2) is 11.2 Å². The first-order valence-corrected chi connectivity index (χ1v) is 11.9. The quantitative estimate of drug-likeness (QED) is 0.437. The molecule has 5 rings (SSSR count). The number of carbonyl (C=O) groups excluding carboxylic acids is 2. The summed E-state index contributed by atoms with van der Waals surface area (Å²) in [4.78, 5) is 59.3. The van der Waals surface area contributed by atoms with Crippen molar-refractivity contribution in [3.05, 3.63) is 87.3 Å². The van der Waals surface area contributed by atoms with Gasteiger partial charge in [0.2, 0.25) is 5.91 Å². The highest BCUT2D eigenvalue weighted by Crippen LogP contribution is 2.21. The van der Waals surface area contributed by atoms with E-state index in [1.54, 1.807) is 29.2 Å². The van der Waals surface area contributed by atoms with E-state index in [0.29, 0.717) is 24.3 Å². The number of aromatic nitrogens is 4. The number of imidazole rings is 1. The second-order valence-corrected chi connectivity index (χ2v) is 8.96. The average Bonchev–Trinajstić information content (AvgIpc) is 3.34. The van der Waals surface area contributed by atoms with Gasteiger partial charge < -0.3 is 19.7 Å². The van der Waals surface area contributed by atoms with Crippen LogP contribution in [0, 0.1) is 0 Å². The van der Waals surface area contributed by atoms with Crippen LogP contribution in [0.1, 0.15) is 10.4 Å². The smallest absolute Gasteiger partial charge is 0.332 e. The molecule has 0 unspecified atom stereocenters. The molecule has 0 bridgehead atoms. The maximum atomic E-state index is 13.4. The lowest BCUT2D eigenvalue weighted by Crippen LogP contribution is -2.49. The SMILES string of the molecule is Cn1c(=O)c2c(ncn2CC(=O)Nc2ccccc2C(=O)N2CCN(c3ccccc3)CC2)n(C)c1=O. The molecule has 0 atom stereocenters. The highest BCUT2D eigenvalue weighted by Gasteiger charge is 2.24. The van der Waals surface area contributed by atoms with Crippen molar-refractivity contribution in [2.75, 3.05) is 36.4 Å². The predicted molar refractivity (Wildman–Crippen MR) is 140 cm³/mol. The Labute approximate surface area is 212 Å². The highest BCUT2D eigenvalue weighted by molar-refractivity contribution is 6.04. The molecule has 0 saturated carbocycles. The molecule has 2 aromatic heterocycles. The zero-order valence-electron chi connectivity index (χ0n) is 20.6. The van der Waals surface area contributed by atoms with Gasteiger partial charge in [0.25, 0.3) is 11.5 Å². The molecular formula is C26H27N7O4. The summed E-state index contributed by atoms with van der Waals surface area (Å²) in [5.41, 5.74) is 1.25. The molecule has 1 aliphatic rings. The Hall–Kier alpha value is -4.67. The van der Waals surface area contributed by atoms with Gasteiger partial charge in [-0.1, -0.05) is 30.3 Å². The Bertz CT molecular complexity index is 1590. The van der Waals surface area contributed by atoms with Crippen LogP contribution in [0.25, 0.3) is 11.2 Å². The molecule has 0 spiro atoms. The fourth-order valence-corrected chi connectivity index (χ4v) is 4.62. The van der Waals surface area contributed by atoms with E-state index in [9.17, 15) is 19.2 Å². The minimum atomic E-state index is -0.534. The summed E-state index contributed by atoms with van der Waals surface area (Å²) < 4.78 is 3.64. The number of hydrogen-bond acceptors (Lipinski definition) is 6. The van der Waals surface area contributed by atoms with Crippen molar-refractivity contribution in [3.8, 4) is 0 Å². The molecule has 0 aliphatic carbocycles. The Balaban J connectivity index is 1.31. The molecule has 2 aromatic carbocycles. The number of nitrogens with zero attached hydrogens (tertiary/aromatic N) is 6. The number of anilines is 2. The first-order chi connectivity index (χ1) is 17.8. The molecule has 11 heteroatoms. The lowest BCUT2D eigenvalue weighted by molar-refractivity contribution is -0.116. The zero-order valence-corrected chi connectivity index (χ0v) is 20.6. The molecule has 0 radical (unpaired) electrons. The first-order valence-electron chi connectivity index (χ1n) is 11.9. The molecule has 1 saturated heterocycles. The molecule has 1 aliphatic heterocycles. The second-order valence-electron chi connectivity index (χ2n) is 8.96. The third-order valence-corrected chi connectivity index (χ3v) is 6.65. The second kappa shape index (κ2) is 9.76. The minimum absolute atomic E-state index is 0.152. The molecule has 1 N–H and O–H groups in total. The van der Waals surface area contributed by atoms with Crippen LogP contribution in [0.5, 0.6) is 0 Å². The first kappa shape index (κ1) is 24.0. The summed E-state index contributed by atoms with van der Waals surface area (Å²) in [5, 5.41) is 2.81. The molecule has 37 heavy (non-hydrogen) atoms. The van der Waals surface area contributed by atoms with E-state index < -0.39 is 17.2 Å². The third-order valence-electron chi connectivity index (χ3n) is 6.65. The van der Waals surface area contributed by atoms with E-state index in [1.807, 2.05) is 18.2 Å². The van der Waals surface area contributed by atoms with Gasteiger partial charge >= 0.3 is 5.69 Å². The maximum Gasteiger partial charge on any atom is 0.332 e. The van der Waals surface area contributed by atoms with E-state index in [-0.39, 0.29) is 23.6 Å². The molecule has 3 heterocycles. The van der Waals surface area contributed by atoms with E-state index in [4.69, 9.17) is 0 Å². The maximum absolute atomic E-state index is 13.4. The fourth-order valence-electron chi connectivity index (χ4n) is 4.62. The van der Waals surface area contributed by atoms with Crippen molar-refractivity contribution in [2.45, 2.75) is 6.54 Å². The summed E-state index contributed by atoms with van der Waals surface area (Å²) in [6.45, 7) is 2.37. The van der Waals surface area contributed by atoms with Gasteiger partial charge in [0, 0.05) is 46.0 Å². The summed E-state index contributed by atoms with van der Waals surface area (Å²) in [6.07, 6.45) is 1.36. The number of benzene rings is 2. The zero-order chi connectivity index (χ0) is 26.1. The standard InChI is InChI=1S/C26H27N7O4/c1-29-23-22(25(36)30(2)26(29)37)33(17-27-23)16-21(34)28-20-11-7-6-10-19(20)24(35)32-14-12-31(13-15-32)18-8-4-3-5-9-18/h3-11,17H,12-16H2,1-2H3,(H,28,34). The molecule has 1 fully saturated rings. The van der Waals surface area contributed by atoms with Gasteiger partial charge in [-0.05, 0) is 24.3 Å². The van der Waals surface area contributed by atoms with E-state index in [1.165, 1.54) is 29.6 Å². The molecule has 4 aromatic rings. The summed E-state index contributed by atoms with van der Waals surface area (Å²) >= 11 is 0. The Morgan fingerprint density at radius 2 is 1.57 bits per heavy atom. The number of fused-ring (bicyclic) bond motifs is 1. The van der Waals surface area contributed by atoms with Crippen LogP contribution >= 0.6 is 0 Å². The largest absolute Gasteiger partial charge is 0.368 e. The topological polar surface area (TPSA) is 114 Å². The lowest BCUT2D eigenvalue weighted by Gasteiger charge is -2.36. The number of aryl methyl sites for hydroxylation is 1. The summed E-state index contributed by atoms with van der Waals surface area (Å²) in [6, 6.07) is 17.0. The third kappa shape index (κ3) is 4.51. The number of hydrogen-bond donors (Lipinski definition) is 1. The van der Waals surface area contributed by atoms with Crippen LogP contribution < -0.4 is 21.5 Å². The molecule has 11 nitrogen and oxygen atoms in total. The fraction of sp³-hybridized carbons (Fsp3) is 0.269. The predicted octanol–water partition coefficient (Wildman–Crippen LogP) is 1.03. The number of amides is 2. The van der Waals surface area contributed by atoms with Crippen LogP contribution in [0.2, 0.25) is 0 Å². The van der Waals surface area contributed by atoms with E-state index in [2.05, 4.69) is 27.3 Å². The number of nitrogens with one attached hydrogen (secondary N) is 1. The van der Waals surface area contributed by atoms with Crippen molar-refractivity contribution in [2.24, 2.45) is 14.1 Å². The normalized spacial score (nSPS) is 13.7. The van der Waals surface area contributed by atoms with Gasteiger partial charge in [-0.3, -0.25) is 23.5 Å². The number of para-hydroxylation sites is 2. The van der Waals surface area contributed by atoms with E-state index in [0.717, 1.165) is 23.3 Å². The van der Waals surface area contributed by atoms with Crippen molar-refractivity contribution in [1.29, 1.82) is 0 Å². The molecule has 2 amide bonds. The van der Waals surface area contributed by atoms with Crippen molar-refractivity contribution in [1.82, 2.24) is 23.6 Å². The minimum Gasteiger partial charge on any atom is -0.368 e. The van der Waals surface area contributed by atoms with Crippen LogP contribution in [-0.4, -0.2) is 61.6 Å². The number of rotatable bonds is 5. The Morgan fingerprint density at radius 1 is 0.892 bits per heavy atom. The average molecular weight is 502 g/mol. The van der Waals surface area contributed by atoms with Crippen molar-refractivity contribution < 1.29 is 9.59 Å². The molecule has 190 valence electrons. The van der Waals surface area contributed by atoms with Gasteiger partial charge in [0.1, 0.15) is 6.54 Å². The van der Waals surface area contributed by atoms with Gasteiger partial charge in [-0.15, -0.1) is 0 Å².